The summed E-state index contributed by atoms with van der Waals surface area (Å²) in [6, 6.07) is 12.2. The van der Waals surface area contributed by atoms with Gasteiger partial charge in [0.1, 0.15) is 11.4 Å². The van der Waals surface area contributed by atoms with Crippen molar-refractivity contribution in [3.63, 3.8) is 0 Å². The summed E-state index contributed by atoms with van der Waals surface area (Å²) in [6.45, 7) is 1.40. The maximum Gasteiger partial charge on any atom is 0.265 e. The lowest BCUT2D eigenvalue weighted by molar-refractivity contribution is -0.121. The van der Waals surface area contributed by atoms with Gasteiger partial charge in [0.05, 0.1) is 12.7 Å². The first-order chi connectivity index (χ1) is 14.9. The van der Waals surface area contributed by atoms with E-state index in [0.29, 0.717) is 23.5 Å². The Balaban J connectivity index is 1.95. The minimum absolute atomic E-state index is 0.0116. The van der Waals surface area contributed by atoms with Gasteiger partial charge in [0.25, 0.3) is 5.56 Å². The topological polar surface area (TPSA) is 96.2 Å². The molecule has 8 nitrogen and oxygen atoms in total. The van der Waals surface area contributed by atoms with Crippen molar-refractivity contribution < 1.29 is 14.6 Å². The molecule has 0 saturated carbocycles. The first kappa shape index (κ1) is 22.3. The molecule has 2 N–H and O–H groups in total. The fourth-order valence-electron chi connectivity index (χ4n) is 3.50. The Morgan fingerprint density at radius 1 is 1.23 bits per heavy atom. The Bertz CT molecular complexity index is 1090. The van der Waals surface area contributed by atoms with Gasteiger partial charge in [0, 0.05) is 25.1 Å². The molecule has 0 fully saturated rings. The second kappa shape index (κ2) is 10.1. The monoisotopic (exact) mass is 424 g/mol. The third-order valence-electron chi connectivity index (χ3n) is 5.11. The van der Waals surface area contributed by atoms with Crippen molar-refractivity contribution in [2.24, 2.45) is 0 Å². The van der Waals surface area contributed by atoms with Crippen molar-refractivity contribution in [2.75, 3.05) is 34.3 Å². The summed E-state index contributed by atoms with van der Waals surface area (Å²) in [4.78, 5) is 32.1. The molecule has 0 aliphatic carbocycles. The fraction of sp³-hybridized carbons (Fsp3) is 0.348. The summed E-state index contributed by atoms with van der Waals surface area (Å²) in [5.74, 6) is -0.556. The number of aromatic hydroxyl groups is 1. The van der Waals surface area contributed by atoms with Crippen LogP contribution in [0.25, 0.3) is 5.65 Å². The van der Waals surface area contributed by atoms with Gasteiger partial charge < -0.3 is 20.1 Å². The van der Waals surface area contributed by atoms with E-state index in [1.807, 2.05) is 19.0 Å². The molecule has 164 valence electrons. The summed E-state index contributed by atoms with van der Waals surface area (Å²) in [5.41, 5.74) is 0.756. The van der Waals surface area contributed by atoms with Crippen LogP contribution in [0.2, 0.25) is 0 Å². The number of nitrogens with zero attached hydrogens (tertiary/aromatic N) is 3. The third kappa shape index (κ3) is 5.40. The van der Waals surface area contributed by atoms with E-state index in [4.69, 9.17) is 4.74 Å². The zero-order chi connectivity index (χ0) is 22.4. The second-order valence-corrected chi connectivity index (χ2v) is 7.62. The smallest absolute Gasteiger partial charge is 0.265 e. The van der Waals surface area contributed by atoms with Crippen molar-refractivity contribution >= 4 is 11.6 Å². The molecule has 3 rings (SSSR count). The van der Waals surface area contributed by atoms with Gasteiger partial charge in [-0.1, -0.05) is 18.2 Å². The average molecular weight is 425 g/mol. The second-order valence-electron chi connectivity index (χ2n) is 7.62. The van der Waals surface area contributed by atoms with Crippen LogP contribution in [0.5, 0.6) is 11.6 Å². The van der Waals surface area contributed by atoms with Crippen molar-refractivity contribution in [1.29, 1.82) is 0 Å². The number of hydrogen-bond donors (Lipinski definition) is 2. The molecule has 31 heavy (non-hydrogen) atoms. The molecule has 0 saturated heterocycles. The Morgan fingerprint density at radius 2 is 1.97 bits per heavy atom. The number of carbonyl (C=O) groups is 1. The predicted molar refractivity (Wildman–Crippen MR) is 119 cm³/mol. The molecule has 1 amide bonds. The summed E-state index contributed by atoms with van der Waals surface area (Å²) in [5, 5.41) is 13.5. The third-order valence-corrected chi connectivity index (χ3v) is 5.11. The lowest BCUT2D eigenvalue weighted by Gasteiger charge is -2.19. The van der Waals surface area contributed by atoms with Crippen molar-refractivity contribution in [3.8, 4) is 11.6 Å². The van der Waals surface area contributed by atoms with Gasteiger partial charge in [-0.15, -0.1) is 0 Å². The van der Waals surface area contributed by atoms with Crippen LogP contribution in [-0.4, -0.2) is 59.6 Å². The van der Waals surface area contributed by atoms with Crippen LogP contribution < -0.4 is 15.6 Å². The lowest BCUT2D eigenvalue weighted by Crippen LogP contribution is -2.30. The summed E-state index contributed by atoms with van der Waals surface area (Å²) < 4.78 is 6.59. The minimum atomic E-state index is -0.656. The van der Waals surface area contributed by atoms with Gasteiger partial charge in [0.15, 0.2) is 0 Å². The van der Waals surface area contributed by atoms with E-state index in [0.717, 1.165) is 13.0 Å². The first-order valence-electron chi connectivity index (χ1n) is 10.2. The van der Waals surface area contributed by atoms with Crippen LogP contribution in [0.15, 0.2) is 53.5 Å². The molecule has 2 heterocycles. The number of benzene rings is 1. The molecule has 1 aromatic carbocycles. The standard InChI is InChI=1S/C23H28N4O4/c1-26(2)13-6-12-24-20(28)15-18(16-8-10-17(31-3)11-9-16)21-22(29)25-19-7-4-5-14-27(19)23(21)30/h4-5,7-11,14,18,29H,6,12-13,15H2,1-3H3,(H,24,28). The van der Waals surface area contributed by atoms with E-state index in [9.17, 15) is 14.7 Å². The average Bonchev–Trinajstić information content (AvgIpc) is 2.76. The van der Waals surface area contributed by atoms with Crippen LogP contribution in [0.3, 0.4) is 0 Å². The van der Waals surface area contributed by atoms with Crippen LogP contribution in [0.4, 0.5) is 0 Å². The molecular formula is C23H28N4O4. The summed E-state index contributed by atoms with van der Waals surface area (Å²) in [7, 11) is 5.52. The molecule has 1 unspecified atom stereocenters. The molecule has 1 atom stereocenters. The number of hydrogen-bond acceptors (Lipinski definition) is 6. The largest absolute Gasteiger partial charge is 0.497 e. The number of ether oxygens (including phenoxy) is 1. The highest BCUT2D eigenvalue weighted by Crippen LogP contribution is 2.31. The number of carbonyl (C=O) groups excluding carboxylic acids is 1. The van der Waals surface area contributed by atoms with Crippen molar-refractivity contribution in [3.05, 3.63) is 70.1 Å². The van der Waals surface area contributed by atoms with Gasteiger partial charge >= 0.3 is 0 Å². The number of rotatable bonds is 9. The number of aromatic nitrogens is 2. The highest BCUT2D eigenvalue weighted by molar-refractivity contribution is 5.77. The lowest BCUT2D eigenvalue weighted by atomic mass is 9.89. The minimum Gasteiger partial charge on any atom is -0.497 e. The molecule has 0 aliphatic rings. The maximum absolute atomic E-state index is 13.2. The van der Waals surface area contributed by atoms with E-state index < -0.39 is 11.5 Å². The number of pyridine rings is 1. The van der Waals surface area contributed by atoms with E-state index in [-0.39, 0.29) is 23.8 Å². The molecule has 0 aliphatic heterocycles. The zero-order valence-corrected chi connectivity index (χ0v) is 18.0. The molecule has 3 aromatic rings. The first-order valence-corrected chi connectivity index (χ1v) is 10.2. The number of methoxy groups -OCH3 is 1. The van der Waals surface area contributed by atoms with Crippen LogP contribution in [-0.2, 0) is 4.79 Å². The van der Waals surface area contributed by atoms with Gasteiger partial charge in [-0.3, -0.25) is 14.0 Å². The van der Waals surface area contributed by atoms with Gasteiger partial charge in [-0.2, -0.15) is 4.98 Å². The van der Waals surface area contributed by atoms with Gasteiger partial charge in [0.2, 0.25) is 11.8 Å². The van der Waals surface area contributed by atoms with E-state index in [1.165, 1.54) is 4.40 Å². The highest BCUT2D eigenvalue weighted by Gasteiger charge is 2.26. The molecule has 8 heteroatoms. The van der Waals surface area contributed by atoms with Crippen molar-refractivity contribution in [2.45, 2.75) is 18.8 Å². The molecule has 0 spiro atoms. The number of amides is 1. The van der Waals surface area contributed by atoms with Crippen LogP contribution in [0.1, 0.15) is 29.9 Å². The quantitative estimate of drug-likeness (QED) is 0.510. The van der Waals surface area contributed by atoms with Gasteiger partial charge in [-0.05, 0) is 56.9 Å². The maximum atomic E-state index is 13.2. The number of fused-ring (bicyclic) bond motifs is 1. The molecular weight excluding hydrogens is 396 g/mol. The SMILES string of the molecule is COc1ccc(C(CC(=O)NCCCN(C)C)c2c(O)nc3ccccn3c2=O)cc1. The summed E-state index contributed by atoms with van der Waals surface area (Å²) in [6.07, 6.45) is 2.43. The molecule has 2 aromatic heterocycles. The number of nitrogens with one attached hydrogen (secondary N) is 1. The highest BCUT2D eigenvalue weighted by atomic mass is 16.5. The Morgan fingerprint density at radius 3 is 2.65 bits per heavy atom. The molecule has 0 bridgehead atoms. The van der Waals surface area contributed by atoms with Gasteiger partial charge in [-0.25, -0.2) is 0 Å². The zero-order valence-electron chi connectivity index (χ0n) is 18.0. The Kier molecular flexibility index (Phi) is 7.25. The fourth-order valence-corrected chi connectivity index (χ4v) is 3.50. The molecule has 0 radical (unpaired) electrons. The van der Waals surface area contributed by atoms with E-state index >= 15 is 0 Å². The Hall–Kier alpha value is -3.39. The van der Waals surface area contributed by atoms with E-state index in [1.54, 1.807) is 55.8 Å². The Labute approximate surface area is 181 Å². The normalized spacial score (nSPS) is 12.1. The predicted octanol–water partition coefficient (Wildman–Crippen LogP) is 2.00. The van der Waals surface area contributed by atoms with E-state index in [2.05, 4.69) is 10.3 Å². The van der Waals surface area contributed by atoms with Crippen molar-refractivity contribution in [1.82, 2.24) is 19.6 Å². The van der Waals surface area contributed by atoms with Crippen LogP contribution in [0, 0.1) is 0 Å². The van der Waals surface area contributed by atoms with Crippen LogP contribution >= 0.6 is 0 Å². The summed E-state index contributed by atoms with van der Waals surface area (Å²) >= 11 is 0.